The Morgan fingerprint density at radius 1 is 0.667 bits per heavy atom. The Labute approximate surface area is 364 Å². The molecule has 8 atom stereocenters. The first-order chi connectivity index (χ1) is 28.9. The molecule has 1 rings (SSSR count). The van der Waals surface area contributed by atoms with E-state index in [0.29, 0.717) is 12.8 Å². The van der Waals surface area contributed by atoms with Crippen molar-refractivity contribution in [3.8, 4) is 0 Å². The number of carbonyl (C=O) groups is 1. The van der Waals surface area contributed by atoms with Gasteiger partial charge in [-0.1, -0.05) is 206 Å². The fourth-order valence-corrected chi connectivity index (χ4v) is 8.32. The third kappa shape index (κ3) is 29.2. The van der Waals surface area contributed by atoms with Gasteiger partial charge < -0.3 is 40.3 Å². The van der Waals surface area contributed by atoms with E-state index in [2.05, 4.69) is 23.3 Å². The third-order valence-corrected chi connectivity index (χ3v) is 12.1. The molecule has 0 aromatic carbocycles. The van der Waals surface area contributed by atoms with Crippen LogP contribution in [-0.2, 0) is 28.9 Å². The van der Waals surface area contributed by atoms with E-state index in [1.807, 2.05) is 6.08 Å². The van der Waals surface area contributed by atoms with E-state index in [1.54, 1.807) is 0 Å². The summed E-state index contributed by atoms with van der Waals surface area (Å²) < 4.78 is 47.5. The van der Waals surface area contributed by atoms with Gasteiger partial charge in [0, 0.05) is 0 Å². The molecule has 1 amide bonds. The van der Waals surface area contributed by atoms with Gasteiger partial charge in [0.15, 0.2) is 6.29 Å². The van der Waals surface area contributed by atoms with Gasteiger partial charge in [0.2, 0.25) is 5.91 Å². The minimum absolute atomic E-state index is 0.248. The van der Waals surface area contributed by atoms with E-state index in [0.717, 1.165) is 38.5 Å². The van der Waals surface area contributed by atoms with Gasteiger partial charge in [0.05, 0.1) is 25.4 Å². The summed E-state index contributed by atoms with van der Waals surface area (Å²) in [6.45, 7) is 3.22. The van der Waals surface area contributed by atoms with E-state index in [1.165, 1.54) is 147 Å². The van der Waals surface area contributed by atoms with Crippen molar-refractivity contribution in [2.24, 2.45) is 0 Å². The van der Waals surface area contributed by atoms with Crippen LogP contribution in [0.2, 0.25) is 0 Å². The highest BCUT2D eigenvalue weighted by atomic mass is 32.3. The van der Waals surface area contributed by atoms with Crippen molar-refractivity contribution in [3.05, 3.63) is 12.2 Å². The van der Waals surface area contributed by atoms with Crippen molar-refractivity contribution < 1.29 is 57.0 Å². The van der Waals surface area contributed by atoms with Gasteiger partial charge in [-0.25, -0.2) is 4.18 Å². The van der Waals surface area contributed by atoms with Crippen LogP contribution >= 0.6 is 0 Å². The summed E-state index contributed by atoms with van der Waals surface area (Å²) >= 11 is 0. The molecule has 0 spiro atoms. The van der Waals surface area contributed by atoms with Gasteiger partial charge in [0.1, 0.15) is 30.5 Å². The number of aliphatic hydroxyl groups excluding tert-OH is 5. The minimum atomic E-state index is -5.11. The van der Waals surface area contributed by atoms with Gasteiger partial charge in [-0.05, 0) is 19.3 Å². The Bertz CT molecular complexity index is 1140. The van der Waals surface area contributed by atoms with Crippen molar-refractivity contribution in [2.75, 3.05) is 13.2 Å². The molecule has 1 fully saturated rings. The minimum Gasteiger partial charge on any atom is -0.394 e. The smallest absolute Gasteiger partial charge is 0.394 e. The molecular formula is C46H89NO12S. The molecule has 1 aliphatic heterocycles. The van der Waals surface area contributed by atoms with E-state index >= 15 is 0 Å². The average molecular weight is 880 g/mol. The monoisotopic (exact) mass is 880 g/mol. The molecule has 13 nitrogen and oxygen atoms in total. The normalized spacial score (nSPS) is 21.4. The van der Waals surface area contributed by atoms with E-state index in [4.69, 9.17) is 9.47 Å². The molecule has 1 heterocycles. The standard InChI is InChI=1S/C46H89NO12S/c1-3-5-7-9-11-13-15-17-18-19-20-21-23-25-27-29-31-33-35-40(50)45(53)47-38(39(49)34-32-30-28-26-24-22-16-14-12-10-8-6-4-2)37-57-46-43(52)44(59-60(54,55)56)42(51)41(36-48)58-46/h32,34,38-44,46,48-52H,3-31,33,35-37H2,1-2H3,(H,47,53)(H,54,55,56)/b34-32+/t38-,39+,40+,41+,42-,43+,44-,46+/m0/s1. The quantitative estimate of drug-likeness (QED) is 0.0175. The number of rotatable bonds is 41. The summed E-state index contributed by atoms with van der Waals surface area (Å²) in [6, 6.07) is -1.11. The summed E-state index contributed by atoms with van der Waals surface area (Å²) in [7, 11) is -5.11. The van der Waals surface area contributed by atoms with Crippen molar-refractivity contribution in [1.29, 1.82) is 0 Å². The van der Waals surface area contributed by atoms with E-state index in [9.17, 15) is 43.3 Å². The van der Waals surface area contributed by atoms with Crippen LogP contribution in [0.3, 0.4) is 0 Å². The van der Waals surface area contributed by atoms with Gasteiger partial charge in [-0.15, -0.1) is 0 Å². The van der Waals surface area contributed by atoms with Crippen LogP contribution in [0.5, 0.6) is 0 Å². The first-order valence-corrected chi connectivity index (χ1v) is 25.5. The molecule has 7 N–H and O–H groups in total. The van der Waals surface area contributed by atoms with Crippen molar-refractivity contribution in [3.63, 3.8) is 0 Å². The summed E-state index contributed by atoms with van der Waals surface area (Å²) in [6.07, 6.45) is 28.6. The van der Waals surface area contributed by atoms with Crippen LogP contribution in [0, 0.1) is 0 Å². The van der Waals surface area contributed by atoms with Gasteiger partial charge in [-0.3, -0.25) is 9.35 Å². The molecule has 1 aliphatic rings. The van der Waals surface area contributed by atoms with Crippen molar-refractivity contribution in [2.45, 2.75) is 262 Å². The number of nitrogens with one attached hydrogen (secondary N) is 1. The SMILES string of the molecule is CCCCCCCCCCCCC/C=C/[C@@H](O)[C@H](CO[C@@H]1O[C@H](CO)[C@H](O)[C@H](OS(=O)(=O)O)[C@H]1O)NC(=O)[C@H](O)CCCCCCCCCCCCCCCCCCCC. The molecule has 356 valence electrons. The first kappa shape index (κ1) is 56.8. The second-order valence-electron chi connectivity index (χ2n) is 17.2. The molecule has 0 aromatic rings. The van der Waals surface area contributed by atoms with Gasteiger partial charge in [-0.2, -0.15) is 8.42 Å². The van der Waals surface area contributed by atoms with Crippen molar-refractivity contribution >= 4 is 16.3 Å². The number of unbranched alkanes of at least 4 members (excludes halogenated alkanes) is 28. The zero-order valence-corrected chi connectivity index (χ0v) is 38.5. The Balaban J connectivity index is 2.53. The second-order valence-corrected chi connectivity index (χ2v) is 18.2. The Morgan fingerprint density at radius 3 is 1.50 bits per heavy atom. The number of aliphatic hydroxyl groups is 5. The molecule has 0 aromatic heterocycles. The molecule has 0 radical (unpaired) electrons. The van der Waals surface area contributed by atoms with E-state index < -0.39 is 78.5 Å². The fourth-order valence-electron chi connectivity index (χ4n) is 7.81. The Hall–Kier alpha value is -1.20. The fraction of sp³-hybridized carbons (Fsp3) is 0.935. The highest BCUT2D eigenvalue weighted by molar-refractivity contribution is 7.80. The third-order valence-electron chi connectivity index (χ3n) is 11.7. The predicted octanol–water partition coefficient (Wildman–Crippen LogP) is 8.53. The maximum Gasteiger partial charge on any atom is 0.397 e. The van der Waals surface area contributed by atoms with Crippen LogP contribution < -0.4 is 5.32 Å². The number of hydrogen-bond acceptors (Lipinski definition) is 11. The number of hydrogen-bond donors (Lipinski definition) is 7. The highest BCUT2D eigenvalue weighted by Crippen LogP contribution is 2.26. The molecule has 0 saturated carbocycles. The van der Waals surface area contributed by atoms with Crippen molar-refractivity contribution in [1.82, 2.24) is 5.32 Å². The molecule has 0 bridgehead atoms. The molecule has 0 unspecified atom stereocenters. The Kier molecular flexibility index (Phi) is 35.2. The first-order valence-electron chi connectivity index (χ1n) is 24.2. The lowest BCUT2D eigenvalue weighted by atomic mass is 9.99. The zero-order chi connectivity index (χ0) is 44.3. The molecule has 1 saturated heterocycles. The number of allylic oxidation sites excluding steroid dienone is 1. The lowest BCUT2D eigenvalue weighted by Gasteiger charge is -2.41. The van der Waals surface area contributed by atoms with E-state index in [-0.39, 0.29) is 6.42 Å². The van der Waals surface area contributed by atoms with Crippen LogP contribution in [0.1, 0.15) is 213 Å². The molecule has 14 heteroatoms. The average Bonchev–Trinajstić information content (AvgIpc) is 3.22. The molecular weight excluding hydrogens is 791 g/mol. The van der Waals surface area contributed by atoms with Crippen LogP contribution in [0.25, 0.3) is 0 Å². The van der Waals surface area contributed by atoms with Crippen LogP contribution in [0.15, 0.2) is 12.2 Å². The number of amides is 1. The maximum absolute atomic E-state index is 13.1. The summed E-state index contributed by atoms with van der Waals surface area (Å²) in [4.78, 5) is 13.1. The number of ether oxygens (including phenoxy) is 2. The Morgan fingerprint density at radius 2 is 1.08 bits per heavy atom. The summed E-state index contributed by atoms with van der Waals surface area (Å²) in [5, 5.41) is 55.2. The zero-order valence-electron chi connectivity index (χ0n) is 37.6. The molecule has 0 aliphatic carbocycles. The summed E-state index contributed by atoms with van der Waals surface area (Å²) in [5.41, 5.74) is 0. The predicted molar refractivity (Wildman–Crippen MR) is 238 cm³/mol. The highest BCUT2D eigenvalue weighted by Gasteiger charge is 2.48. The number of carbonyl (C=O) groups excluding carboxylic acids is 1. The largest absolute Gasteiger partial charge is 0.397 e. The summed E-state index contributed by atoms with van der Waals surface area (Å²) in [5.74, 6) is -0.699. The lowest BCUT2D eigenvalue weighted by molar-refractivity contribution is -0.298. The van der Waals surface area contributed by atoms with Gasteiger partial charge >= 0.3 is 10.4 Å². The second kappa shape index (κ2) is 37.2. The topological polar surface area (TPSA) is 212 Å². The lowest BCUT2D eigenvalue weighted by Crippen LogP contribution is -2.61. The van der Waals surface area contributed by atoms with Gasteiger partial charge in [0.25, 0.3) is 0 Å². The molecule has 60 heavy (non-hydrogen) atoms. The van der Waals surface area contributed by atoms with Crippen LogP contribution in [0.4, 0.5) is 0 Å². The van der Waals surface area contributed by atoms with Crippen LogP contribution in [-0.4, -0.2) is 107 Å². The maximum atomic E-state index is 13.1.